The molecule has 3 aromatic rings. The van der Waals surface area contributed by atoms with Crippen molar-refractivity contribution in [2.24, 2.45) is 7.05 Å². The minimum atomic E-state index is -0.426. The fraction of sp³-hybridized carbons (Fsp3) is 0.316. The van der Waals surface area contributed by atoms with Crippen LogP contribution in [0.3, 0.4) is 0 Å². The molecule has 0 atom stereocenters. The summed E-state index contributed by atoms with van der Waals surface area (Å²) in [6, 6.07) is 8.03. The molecule has 8 heteroatoms. The van der Waals surface area contributed by atoms with Crippen LogP contribution in [0.1, 0.15) is 13.3 Å². The van der Waals surface area contributed by atoms with E-state index >= 15 is 0 Å². The summed E-state index contributed by atoms with van der Waals surface area (Å²) in [5.41, 5.74) is 8.19. The number of aromatic nitrogens is 3. The van der Waals surface area contributed by atoms with Gasteiger partial charge in [0.1, 0.15) is 16.4 Å². The van der Waals surface area contributed by atoms with Crippen LogP contribution in [0.25, 0.3) is 21.8 Å². The van der Waals surface area contributed by atoms with E-state index in [1.807, 2.05) is 55.6 Å². The molecule has 27 heavy (non-hydrogen) atoms. The number of anilines is 2. The number of nitrogens with zero attached hydrogens (tertiary/aromatic N) is 4. The van der Waals surface area contributed by atoms with Crippen LogP contribution < -0.4 is 21.9 Å². The normalized spacial score (nSPS) is 11.0. The summed E-state index contributed by atoms with van der Waals surface area (Å²) in [5.74, 6) is 0.171. The van der Waals surface area contributed by atoms with Crippen molar-refractivity contribution in [1.82, 2.24) is 14.1 Å². The van der Waals surface area contributed by atoms with Gasteiger partial charge >= 0.3 is 5.69 Å². The van der Waals surface area contributed by atoms with Gasteiger partial charge in [-0.25, -0.2) is 9.78 Å². The van der Waals surface area contributed by atoms with Gasteiger partial charge in [0.05, 0.1) is 5.69 Å². The predicted molar refractivity (Wildman–Crippen MR) is 112 cm³/mol. The van der Waals surface area contributed by atoms with Crippen LogP contribution in [-0.4, -0.2) is 28.2 Å². The van der Waals surface area contributed by atoms with Crippen molar-refractivity contribution in [3.05, 3.63) is 50.5 Å². The molecular formula is C19H23N5O2S. The molecule has 3 rings (SSSR count). The Balaban J connectivity index is 2.09. The predicted octanol–water partition coefficient (Wildman–Crippen LogP) is 2.40. The molecule has 2 aromatic heterocycles. The quantitative estimate of drug-likeness (QED) is 0.729. The summed E-state index contributed by atoms with van der Waals surface area (Å²) < 4.78 is 2.52. The van der Waals surface area contributed by atoms with Crippen LogP contribution in [0, 0.1) is 0 Å². The minimum Gasteiger partial charge on any atom is -0.384 e. The summed E-state index contributed by atoms with van der Waals surface area (Å²) in [4.78, 5) is 31.6. The molecule has 0 aliphatic carbocycles. The average Bonchev–Trinajstić information content (AvgIpc) is 3.13. The average molecular weight is 385 g/mol. The molecule has 2 heterocycles. The van der Waals surface area contributed by atoms with E-state index in [0.29, 0.717) is 12.2 Å². The molecule has 0 fully saturated rings. The molecule has 0 bridgehead atoms. The van der Waals surface area contributed by atoms with Gasteiger partial charge in [-0.2, -0.15) is 0 Å². The summed E-state index contributed by atoms with van der Waals surface area (Å²) in [7, 11) is 5.44. The first kappa shape index (κ1) is 18.9. The van der Waals surface area contributed by atoms with Gasteiger partial charge < -0.3 is 10.6 Å². The number of thiazole rings is 1. The van der Waals surface area contributed by atoms with Crippen molar-refractivity contribution in [1.29, 1.82) is 0 Å². The number of nitrogen functional groups attached to an aromatic ring is 1. The Labute approximate surface area is 161 Å². The summed E-state index contributed by atoms with van der Waals surface area (Å²) in [6.07, 6.45) is 0.738. The van der Waals surface area contributed by atoms with Crippen molar-refractivity contribution >= 4 is 22.8 Å². The first-order valence-corrected chi connectivity index (χ1v) is 9.56. The fourth-order valence-corrected chi connectivity index (χ4v) is 3.70. The second kappa shape index (κ2) is 7.40. The van der Waals surface area contributed by atoms with Crippen LogP contribution >= 0.6 is 11.3 Å². The highest BCUT2D eigenvalue weighted by Crippen LogP contribution is 2.30. The van der Waals surface area contributed by atoms with Gasteiger partial charge in [-0.3, -0.25) is 13.9 Å². The third-order valence-corrected chi connectivity index (χ3v) is 5.31. The molecule has 1 aromatic carbocycles. The number of rotatable bonds is 5. The SMILES string of the molecule is CCCn1c(N)c(-c2csc(-c3ccc(N(C)C)cc3)n2)c(=O)n(C)c1=O. The largest absolute Gasteiger partial charge is 0.384 e. The molecule has 0 amide bonds. The Morgan fingerprint density at radius 1 is 1.19 bits per heavy atom. The highest BCUT2D eigenvalue weighted by Gasteiger charge is 2.19. The summed E-state index contributed by atoms with van der Waals surface area (Å²) in [6.45, 7) is 2.41. The van der Waals surface area contributed by atoms with Crippen LogP contribution in [0.2, 0.25) is 0 Å². The zero-order chi connectivity index (χ0) is 19.7. The van der Waals surface area contributed by atoms with Gasteiger partial charge in [0, 0.05) is 44.3 Å². The van der Waals surface area contributed by atoms with E-state index in [2.05, 4.69) is 4.98 Å². The van der Waals surface area contributed by atoms with Crippen molar-refractivity contribution < 1.29 is 0 Å². The monoisotopic (exact) mass is 385 g/mol. The van der Waals surface area contributed by atoms with Crippen molar-refractivity contribution in [3.63, 3.8) is 0 Å². The molecule has 0 spiro atoms. The molecule has 0 saturated heterocycles. The first-order chi connectivity index (χ1) is 12.8. The van der Waals surface area contributed by atoms with Gasteiger partial charge in [0.25, 0.3) is 5.56 Å². The first-order valence-electron chi connectivity index (χ1n) is 8.68. The Morgan fingerprint density at radius 2 is 1.85 bits per heavy atom. The lowest BCUT2D eigenvalue weighted by atomic mass is 10.2. The second-order valence-corrected chi connectivity index (χ2v) is 7.40. The van der Waals surface area contributed by atoms with Gasteiger partial charge in [-0.15, -0.1) is 11.3 Å². The number of hydrogen-bond donors (Lipinski definition) is 1. The van der Waals surface area contributed by atoms with E-state index in [9.17, 15) is 9.59 Å². The van der Waals surface area contributed by atoms with Crippen molar-refractivity contribution in [2.45, 2.75) is 19.9 Å². The van der Waals surface area contributed by atoms with Gasteiger partial charge in [0.2, 0.25) is 0 Å². The summed E-state index contributed by atoms with van der Waals surface area (Å²) in [5, 5.41) is 2.60. The maximum absolute atomic E-state index is 12.7. The van der Waals surface area contributed by atoms with E-state index in [-0.39, 0.29) is 11.4 Å². The van der Waals surface area contributed by atoms with Gasteiger partial charge in [-0.1, -0.05) is 6.92 Å². The van der Waals surface area contributed by atoms with Crippen LogP contribution in [0.4, 0.5) is 11.5 Å². The van der Waals surface area contributed by atoms with Crippen LogP contribution in [0.5, 0.6) is 0 Å². The summed E-state index contributed by atoms with van der Waals surface area (Å²) >= 11 is 1.44. The second-order valence-electron chi connectivity index (χ2n) is 6.54. The Bertz CT molecular complexity index is 1080. The van der Waals surface area contributed by atoms with E-state index in [0.717, 1.165) is 27.2 Å². The van der Waals surface area contributed by atoms with Crippen molar-refractivity contribution in [3.8, 4) is 21.8 Å². The standard InChI is InChI=1S/C19H23N5O2S/c1-5-10-24-16(20)15(18(25)23(4)19(24)26)14-11-27-17(21-14)12-6-8-13(9-7-12)22(2)3/h6-9,11H,5,10,20H2,1-4H3. The highest BCUT2D eigenvalue weighted by molar-refractivity contribution is 7.13. The third-order valence-electron chi connectivity index (χ3n) is 4.42. The zero-order valence-corrected chi connectivity index (χ0v) is 16.7. The lowest BCUT2D eigenvalue weighted by Gasteiger charge is -2.13. The molecule has 142 valence electrons. The topological polar surface area (TPSA) is 86.2 Å². The molecule has 0 unspecified atom stereocenters. The van der Waals surface area contributed by atoms with E-state index in [1.165, 1.54) is 23.0 Å². The smallest absolute Gasteiger partial charge is 0.332 e. The molecule has 7 nitrogen and oxygen atoms in total. The van der Waals surface area contributed by atoms with E-state index < -0.39 is 11.2 Å². The van der Waals surface area contributed by atoms with Crippen LogP contribution in [0.15, 0.2) is 39.2 Å². The van der Waals surface area contributed by atoms with Gasteiger partial charge in [-0.05, 0) is 30.7 Å². The molecule has 0 aliphatic rings. The molecule has 0 radical (unpaired) electrons. The Hall–Kier alpha value is -2.87. The number of benzene rings is 1. The Morgan fingerprint density at radius 3 is 2.44 bits per heavy atom. The maximum Gasteiger partial charge on any atom is 0.332 e. The number of hydrogen-bond acceptors (Lipinski definition) is 6. The maximum atomic E-state index is 12.7. The Kier molecular flexibility index (Phi) is 5.18. The third kappa shape index (κ3) is 3.40. The lowest BCUT2D eigenvalue weighted by Crippen LogP contribution is -2.40. The van der Waals surface area contributed by atoms with E-state index in [4.69, 9.17) is 5.73 Å². The fourth-order valence-electron chi connectivity index (χ4n) is 2.89. The molecular weight excluding hydrogens is 362 g/mol. The van der Waals surface area contributed by atoms with E-state index in [1.54, 1.807) is 0 Å². The number of nitrogens with two attached hydrogens (primary N) is 1. The van der Waals surface area contributed by atoms with Crippen LogP contribution in [-0.2, 0) is 13.6 Å². The minimum absolute atomic E-state index is 0.171. The van der Waals surface area contributed by atoms with Crippen molar-refractivity contribution in [2.75, 3.05) is 24.7 Å². The van der Waals surface area contributed by atoms with Gasteiger partial charge in [0.15, 0.2) is 0 Å². The molecule has 0 saturated carbocycles. The molecule has 0 aliphatic heterocycles. The lowest BCUT2D eigenvalue weighted by molar-refractivity contribution is 0.600. The molecule has 2 N–H and O–H groups in total. The zero-order valence-electron chi connectivity index (χ0n) is 15.9. The highest BCUT2D eigenvalue weighted by atomic mass is 32.1.